The number of aromatic nitrogens is 1. The Morgan fingerprint density at radius 1 is 1.03 bits per heavy atom. The molecule has 3 aromatic carbocycles. The summed E-state index contributed by atoms with van der Waals surface area (Å²) in [6, 6.07) is 15.8. The van der Waals surface area contributed by atoms with Crippen LogP contribution in [0.15, 0.2) is 70.0 Å². The lowest BCUT2D eigenvalue weighted by atomic mass is 9.88. The van der Waals surface area contributed by atoms with E-state index in [1.807, 2.05) is 28.8 Å². The number of halogens is 4. The lowest BCUT2D eigenvalue weighted by molar-refractivity contribution is -0.274. The van der Waals surface area contributed by atoms with Gasteiger partial charge in [-0.1, -0.05) is 15.9 Å². The number of aliphatic hydroxyl groups excluding tert-OH is 1. The molecule has 1 fully saturated rings. The maximum atomic E-state index is 13.0. The van der Waals surface area contributed by atoms with Crippen molar-refractivity contribution in [3.63, 3.8) is 0 Å². The summed E-state index contributed by atoms with van der Waals surface area (Å²) in [6.07, 6.45) is -4.38. The Morgan fingerprint density at radius 3 is 2.34 bits per heavy atom. The molecule has 1 saturated carbocycles. The molecule has 7 nitrogen and oxygen atoms in total. The highest BCUT2D eigenvalue weighted by molar-refractivity contribution is 9.10. The van der Waals surface area contributed by atoms with Crippen LogP contribution in [0.2, 0.25) is 0 Å². The van der Waals surface area contributed by atoms with Crippen molar-refractivity contribution in [3.05, 3.63) is 70.7 Å². The highest BCUT2D eigenvalue weighted by Crippen LogP contribution is 2.39. The molecule has 1 aromatic heterocycles. The van der Waals surface area contributed by atoms with Crippen LogP contribution in [0.25, 0.3) is 21.8 Å². The average Bonchev–Trinajstić information content (AvgIpc) is 3.17. The first-order valence-corrected chi connectivity index (χ1v) is 13.9. The van der Waals surface area contributed by atoms with Crippen LogP contribution in [0.1, 0.15) is 30.9 Å². The number of hydrogen-bond donors (Lipinski definition) is 2. The molecule has 0 unspecified atom stereocenters. The second kappa shape index (κ2) is 9.89. The predicted octanol–water partition coefficient (Wildman–Crippen LogP) is 5.76. The molecule has 0 radical (unpaired) electrons. The van der Waals surface area contributed by atoms with Gasteiger partial charge in [-0.3, -0.25) is 0 Å². The van der Waals surface area contributed by atoms with E-state index in [0.717, 1.165) is 50.5 Å². The fourth-order valence-corrected chi connectivity index (χ4v) is 6.75. The summed E-state index contributed by atoms with van der Waals surface area (Å²) in [6.45, 7) is 0. The Bertz CT molecular complexity index is 1660. The van der Waals surface area contributed by atoms with Gasteiger partial charge in [0, 0.05) is 26.3 Å². The molecule has 198 valence electrons. The smallest absolute Gasteiger partial charge is 0.406 e. The molecule has 0 aliphatic heterocycles. The number of fused-ring (bicyclic) bond motifs is 3. The van der Waals surface area contributed by atoms with Crippen molar-refractivity contribution in [1.82, 2.24) is 9.29 Å². The number of ether oxygens (including phenoxy) is 1. The monoisotopic (exact) mass is 607 g/mol. The number of nitrogens with zero attached hydrogens (tertiary/aromatic N) is 2. The number of aliphatic hydroxyl groups is 1. The van der Waals surface area contributed by atoms with Crippen molar-refractivity contribution in [1.29, 1.82) is 5.26 Å². The van der Waals surface area contributed by atoms with E-state index in [1.54, 1.807) is 12.1 Å². The molecule has 0 bridgehead atoms. The van der Waals surface area contributed by atoms with E-state index in [1.165, 1.54) is 0 Å². The van der Waals surface area contributed by atoms with Crippen LogP contribution in [0.4, 0.5) is 13.2 Å². The van der Waals surface area contributed by atoms with Crippen LogP contribution in [-0.2, 0) is 10.0 Å². The first-order chi connectivity index (χ1) is 18.0. The van der Waals surface area contributed by atoms with Crippen molar-refractivity contribution < 1.29 is 31.4 Å². The van der Waals surface area contributed by atoms with Crippen LogP contribution in [0.3, 0.4) is 0 Å². The average molecular weight is 608 g/mol. The zero-order valence-corrected chi connectivity index (χ0v) is 22.0. The van der Waals surface area contributed by atoms with Crippen LogP contribution in [-0.4, -0.2) is 36.6 Å². The number of sulfonamides is 1. The quantitative estimate of drug-likeness (QED) is 0.300. The van der Waals surface area contributed by atoms with E-state index in [0.29, 0.717) is 24.8 Å². The van der Waals surface area contributed by atoms with Crippen molar-refractivity contribution >= 4 is 47.8 Å². The first kappa shape index (κ1) is 26.5. The van der Waals surface area contributed by atoms with Gasteiger partial charge in [-0.25, -0.2) is 13.1 Å². The standard InChI is InChI=1S/C26H21BrF3N3O4S/c27-16-5-11-23-20(13-16)19-12-15(14-31)4-10-22(19)33(23)24-3-1-2-21(25(24)34)32-38(35,36)18-8-6-17(7-9-18)37-26(28,29)30/h4-13,21,24-25,32,34H,1-3H2/t21-,24+,25+/m1/s1. The van der Waals surface area contributed by atoms with E-state index < -0.39 is 40.3 Å². The van der Waals surface area contributed by atoms with Crippen LogP contribution in [0, 0.1) is 11.3 Å². The number of hydrogen-bond acceptors (Lipinski definition) is 5. The molecule has 5 rings (SSSR count). The molecule has 0 saturated heterocycles. The Morgan fingerprint density at radius 2 is 1.68 bits per heavy atom. The van der Waals surface area contributed by atoms with E-state index in [2.05, 4.69) is 31.5 Å². The molecule has 1 heterocycles. The van der Waals surface area contributed by atoms with Gasteiger partial charge in [-0.05, 0) is 79.9 Å². The summed E-state index contributed by atoms with van der Waals surface area (Å²) >= 11 is 3.49. The summed E-state index contributed by atoms with van der Waals surface area (Å²) in [5.74, 6) is -0.535. The number of rotatable bonds is 5. The minimum absolute atomic E-state index is 0.243. The second-order valence-electron chi connectivity index (χ2n) is 9.11. The molecule has 0 amide bonds. The number of nitriles is 1. The molecule has 2 N–H and O–H groups in total. The molecule has 3 atom stereocenters. The van der Waals surface area contributed by atoms with Gasteiger partial charge in [0.1, 0.15) is 5.75 Å². The Labute approximate surface area is 224 Å². The molecule has 38 heavy (non-hydrogen) atoms. The van der Waals surface area contributed by atoms with Crippen molar-refractivity contribution in [3.8, 4) is 11.8 Å². The molecular formula is C26H21BrF3N3O4S. The normalized spacial score (nSPS) is 20.5. The molecule has 0 spiro atoms. The van der Waals surface area contributed by atoms with Crippen molar-refractivity contribution in [2.75, 3.05) is 0 Å². The van der Waals surface area contributed by atoms with Gasteiger partial charge in [0.15, 0.2) is 0 Å². The van der Waals surface area contributed by atoms with Crippen LogP contribution < -0.4 is 9.46 Å². The van der Waals surface area contributed by atoms with Gasteiger partial charge in [-0.15, -0.1) is 13.2 Å². The Hall–Kier alpha value is -3.11. The molecule has 1 aliphatic carbocycles. The third kappa shape index (κ3) is 5.11. The van der Waals surface area contributed by atoms with E-state index in [9.17, 15) is 32.0 Å². The van der Waals surface area contributed by atoms with Gasteiger partial charge in [0.05, 0.1) is 34.7 Å². The predicted molar refractivity (Wildman–Crippen MR) is 138 cm³/mol. The Kier molecular flexibility index (Phi) is 6.89. The lowest BCUT2D eigenvalue weighted by Gasteiger charge is -2.36. The zero-order chi connectivity index (χ0) is 27.2. The summed E-state index contributed by atoms with van der Waals surface area (Å²) in [4.78, 5) is -0.243. The van der Waals surface area contributed by atoms with Crippen LogP contribution >= 0.6 is 15.9 Å². The topological polar surface area (TPSA) is 104 Å². The first-order valence-electron chi connectivity index (χ1n) is 11.7. The van der Waals surface area contributed by atoms with E-state index >= 15 is 0 Å². The third-order valence-corrected chi connectivity index (χ3v) is 8.72. The summed E-state index contributed by atoms with van der Waals surface area (Å²) in [5, 5.41) is 22.5. The highest BCUT2D eigenvalue weighted by Gasteiger charge is 2.37. The summed E-state index contributed by atoms with van der Waals surface area (Å²) < 4.78 is 72.6. The summed E-state index contributed by atoms with van der Waals surface area (Å²) in [7, 11) is -4.14. The third-order valence-electron chi connectivity index (χ3n) is 6.72. The Balaban J connectivity index is 1.46. The van der Waals surface area contributed by atoms with Gasteiger partial charge in [0.2, 0.25) is 10.0 Å². The highest BCUT2D eigenvalue weighted by atomic mass is 79.9. The number of benzene rings is 3. The number of nitrogens with one attached hydrogen (secondary N) is 1. The maximum Gasteiger partial charge on any atom is 0.573 e. The van der Waals surface area contributed by atoms with Gasteiger partial charge >= 0.3 is 6.36 Å². The second-order valence-corrected chi connectivity index (χ2v) is 11.7. The zero-order valence-electron chi connectivity index (χ0n) is 19.6. The molecule has 1 aliphatic rings. The fraction of sp³-hybridized carbons (Fsp3) is 0.269. The maximum absolute atomic E-state index is 13.0. The summed E-state index contributed by atoms with van der Waals surface area (Å²) in [5.41, 5.74) is 2.15. The SMILES string of the molecule is N#Cc1ccc2c(c1)c1cc(Br)ccc1n2[C@H]1CCC[C@@H](NS(=O)(=O)c2ccc(OC(F)(F)F)cc2)[C@@H]1O. The molecule has 4 aromatic rings. The molecular weight excluding hydrogens is 587 g/mol. The van der Waals surface area contributed by atoms with E-state index in [-0.39, 0.29) is 4.90 Å². The van der Waals surface area contributed by atoms with Crippen LogP contribution in [0.5, 0.6) is 5.75 Å². The largest absolute Gasteiger partial charge is 0.573 e. The fourth-order valence-electron chi connectivity index (χ4n) is 5.11. The van der Waals surface area contributed by atoms with E-state index in [4.69, 9.17) is 0 Å². The van der Waals surface area contributed by atoms with Crippen molar-refractivity contribution in [2.24, 2.45) is 0 Å². The minimum atomic E-state index is -4.89. The van der Waals surface area contributed by atoms with Gasteiger partial charge in [0.25, 0.3) is 0 Å². The number of alkyl halides is 3. The molecule has 12 heteroatoms. The minimum Gasteiger partial charge on any atom is -0.406 e. The van der Waals surface area contributed by atoms with Crippen molar-refractivity contribution in [2.45, 2.75) is 48.7 Å². The lowest BCUT2D eigenvalue weighted by Crippen LogP contribution is -2.49. The van der Waals surface area contributed by atoms with Gasteiger partial charge < -0.3 is 14.4 Å². The van der Waals surface area contributed by atoms with Gasteiger partial charge in [-0.2, -0.15) is 5.26 Å².